The number of carbonyl (C=O) groups is 8. The van der Waals surface area contributed by atoms with E-state index in [4.69, 9.17) is 16.9 Å². The number of nitrogens with zero attached hydrogens (tertiary/aromatic N) is 1. The van der Waals surface area contributed by atoms with Gasteiger partial charge in [-0.25, -0.2) is 0 Å². The van der Waals surface area contributed by atoms with Crippen LogP contribution in [0.15, 0.2) is 30.5 Å². The number of carboxylic acid groups (broad SMARTS) is 1. The van der Waals surface area contributed by atoms with Gasteiger partial charge in [0, 0.05) is 54.5 Å². The first-order valence-corrected chi connectivity index (χ1v) is 20.9. The lowest BCUT2D eigenvalue weighted by Crippen LogP contribution is -2.59. The number of nitrogens with two attached hydrogens (primary N) is 2. The minimum atomic E-state index is -1.68. The lowest BCUT2D eigenvalue weighted by molar-refractivity contribution is -0.143. The Labute approximate surface area is 347 Å². The number of para-hydroxylation sites is 1. The van der Waals surface area contributed by atoms with Crippen molar-refractivity contribution in [2.75, 3.05) is 31.1 Å². The number of aromatic nitrogens is 1. The topological polar surface area (TPSA) is 324 Å². The van der Waals surface area contributed by atoms with Crippen LogP contribution in [0.3, 0.4) is 0 Å². The first-order chi connectivity index (χ1) is 27.2. The fourth-order valence-corrected chi connectivity index (χ4v) is 8.59. The number of hydrogen-bond donors (Lipinski definition) is 11. The SMILES string of the molecule is Cl.N=C(N)NCCCC[C@@H]1NC(=O)CCSSC[C@@H](C(N)=O)NC(=O)[C@@H]2CCCN2C(=O)[C@H](Cc2c[nH]c3ccccc23)NC(=O)[C@H](CC(=O)O)NC(=O)CNC1=O. The number of aromatic amines is 1. The smallest absolute Gasteiger partial charge is 0.305 e. The molecular weight excluding hydrogens is 818 g/mol. The normalized spacial score (nSPS) is 23.2. The molecule has 318 valence electrons. The summed E-state index contributed by atoms with van der Waals surface area (Å²) in [4.78, 5) is 110. The molecule has 0 bridgehead atoms. The van der Waals surface area contributed by atoms with E-state index in [0.717, 1.165) is 10.9 Å². The van der Waals surface area contributed by atoms with Crippen molar-refractivity contribution in [1.29, 1.82) is 5.41 Å². The monoisotopic (exact) mass is 867 g/mol. The maximum absolute atomic E-state index is 14.3. The van der Waals surface area contributed by atoms with Crippen molar-refractivity contribution in [3.63, 3.8) is 0 Å². The Morgan fingerprint density at radius 1 is 0.914 bits per heavy atom. The number of carbonyl (C=O) groups excluding carboxylic acids is 7. The summed E-state index contributed by atoms with van der Waals surface area (Å²) in [6, 6.07) is 1.06. The molecule has 0 spiro atoms. The van der Waals surface area contributed by atoms with E-state index in [2.05, 4.69) is 36.9 Å². The van der Waals surface area contributed by atoms with E-state index in [-0.39, 0.29) is 62.1 Å². The number of halogens is 1. The van der Waals surface area contributed by atoms with Gasteiger partial charge in [-0.1, -0.05) is 39.8 Å². The second kappa shape index (κ2) is 23.3. The molecule has 2 aromatic rings. The Hall–Kier alpha value is -5.22. The first-order valence-electron chi connectivity index (χ1n) is 18.4. The van der Waals surface area contributed by atoms with Gasteiger partial charge >= 0.3 is 5.97 Å². The average molecular weight is 868 g/mol. The summed E-state index contributed by atoms with van der Waals surface area (Å²) in [5.74, 6) is -6.49. The minimum Gasteiger partial charge on any atom is -0.481 e. The largest absolute Gasteiger partial charge is 0.481 e. The number of amides is 7. The molecule has 20 nitrogen and oxygen atoms in total. The predicted molar refractivity (Wildman–Crippen MR) is 219 cm³/mol. The van der Waals surface area contributed by atoms with Gasteiger partial charge < -0.3 is 58.4 Å². The third-order valence-corrected chi connectivity index (χ3v) is 11.7. The van der Waals surface area contributed by atoms with Crippen LogP contribution >= 0.6 is 34.0 Å². The van der Waals surface area contributed by atoms with Crippen molar-refractivity contribution in [2.24, 2.45) is 11.5 Å². The molecule has 0 aliphatic carbocycles. The highest BCUT2D eigenvalue weighted by molar-refractivity contribution is 8.76. The van der Waals surface area contributed by atoms with Gasteiger partial charge in [0.1, 0.15) is 30.2 Å². The molecule has 2 aliphatic heterocycles. The number of aliphatic carboxylic acids is 1. The summed E-state index contributed by atoms with van der Waals surface area (Å²) in [5.41, 5.74) is 12.3. The van der Waals surface area contributed by atoms with Gasteiger partial charge in [-0.05, 0) is 43.7 Å². The van der Waals surface area contributed by atoms with Crippen molar-refractivity contribution in [1.82, 2.24) is 41.8 Å². The highest BCUT2D eigenvalue weighted by Crippen LogP contribution is 2.25. The molecule has 23 heteroatoms. The van der Waals surface area contributed by atoms with Gasteiger partial charge in [0.25, 0.3) is 0 Å². The van der Waals surface area contributed by atoms with Gasteiger partial charge in [-0.3, -0.25) is 43.8 Å². The molecule has 0 unspecified atom stereocenters. The second-order valence-electron chi connectivity index (χ2n) is 13.5. The van der Waals surface area contributed by atoms with Crippen LogP contribution in [0.5, 0.6) is 0 Å². The highest BCUT2D eigenvalue weighted by Gasteiger charge is 2.40. The highest BCUT2D eigenvalue weighted by atomic mass is 35.5. The summed E-state index contributed by atoms with van der Waals surface area (Å²) >= 11 is 0. The standard InChI is InChI=1S/C35H49N11O9S2.ClH/c36-30(51)25-18-57-56-13-10-27(47)42-22(8-3-4-11-39-35(37)38)31(52)41-17-28(48)43-23(15-29(49)50)32(53)44-24(14-19-16-40-21-7-2-1-6-20(19)21)34(55)46-12-5-9-26(46)33(54)45-25;/h1-2,6-7,16,22-26,40H,3-5,8-15,17-18H2,(H2,36,51)(H,41,52)(H,42,47)(H,43,48)(H,44,53)(H,45,54)(H,49,50)(H4,37,38,39);1H/t22-,23-,24-,25-,26-;/m0./s1. The molecule has 4 rings (SSSR count). The van der Waals surface area contributed by atoms with Crippen LogP contribution in [-0.4, -0.2) is 130 Å². The maximum Gasteiger partial charge on any atom is 0.305 e. The lowest BCUT2D eigenvalue weighted by Gasteiger charge is -2.30. The molecule has 5 atom stereocenters. The third-order valence-electron chi connectivity index (χ3n) is 9.28. The van der Waals surface area contributed by atoms with Gasteiger partial charge in [-0.2, -0.15) is 0 Å². The molecule has 7 amide bonds. The number of unbranched alkanes of at least 4 members (excludes halogenated alkanes) is 1. The maximum atomic E-state index is 14.3. The lowest BCUT2D eigenvalue weighted by atomic mass is 10.0. The Bertz CT molecular complexity index is 1830. The van der Waals surface area contributed by atoms with Gasteiger partial charge in [0.2, 0.25) is 41.4 Å². The molecule has 0 saturated carbocycles. The molecule has 2 aliphatic rings. The number of guanidine groups is 1. The molecule has 0 radical (unpaired) electrons. The van der Waals surface area contributed by atoms with Crippen molar-refractivity contribution in [3.05, 3.63) is 36.0 Å². The van der Waals surface area contributed by atoms with Gasteiger partial charge in [0.05, 0.1) is 13.0 Å². The first kappa shape index (κ1) is 47.2. The Morgan fingerprint density at radius 3 is 2.38 bits per heavy atom. The van der Waals surface area contributed by atoms with Crippen LogP contribution in [0, 0.1) is 5.41 Å². The van der Waals surface area contributed by atoms with Crippen LogP contribution in [0.4, 0.5) is 0 Å². The van der Waals surface area contributed by atoms with E-state index in [1.807, 2.05) is 18.2 Å². The van der Waals surface area contributed by atoms with E-state index in [9.17, 15) is 43.5 Å². The van der Waals surface area contributed by atoms with Gasteiger partial charge in [0.15, 0.2) is 5.96 Å². The second-order valence-corrected chi connectivity index (χ2v) is 16.2. The Morgan fingerprint density at radius 2 is 1.66 bits per heavy atom. The van der Waals surface area contributed by atoms with E-state index >= 15 is 0 Å². The van der Waals surface area contributed by atoms with Crippen molar-refractivity contribution < 1.29 is 43.5 Å². The summed E-state index contributed by atoms with van der Waals surface area (Å²) < 4.78 is 0. The molecule has 1 aromatic carbocycles. The number of rotatable bonds is 10. The minimum absolute atomic E-state index is 0. The van der Waals surface area contributed by atoms with Crippen LogP contribution in [-0.2, 0) is 44.8 Å². The molecule has 13 N–H and O–H groups in total. The fraction of sp³-hybridized carbons (Fsp3) is 0.514. The molecule has 1 aromatic heterocycles. The summed E-state index contributed by atoms with van der Waals surface area (Å²) in [6.07, 6.45) is 2.49. The molecule has 58 heavy (non-hydrogen) atoms. The number of hydrogen-bond acceptors (Lipinski definition) is 11. The molecular formula is C35H50ClN11O9S2. The number of fused-ring (bicyclic) bond motifs is 2. The van der Waals surface area contributed by atoms with E-state index < -0.39 is 90.5 Å². The number of nitrogens with one attached hydrogen (secondary N) is 8. The van der Waals surface area contributed by atoms with Crippen LogP contribution in [0.2, 0.25) is 0 Å². The van der Waals surface area contributed by atoms with Crippen LogP contribution in [0.25, 0.3) is 10.9 Å². The van der Waals surface area contributed by atoms with Gasteiger partial charge in [-0.15, -0.1) is 12.4 Å². The number of H-pyrrole nitrogens is 1. The van der Waals surface area contributed by atoms with E-state index in [1.54, 1.807) is 12.3 Å². The van der Waals surface area contributed by atoms with Crippen LogP contribution < -0.4 is 43.4 Å². The molecule has 2 saturated heterocycles. The number of carboxylic acids is 1. The zero-order chi connectivity index (χ0) is 41.5. The summed E-state index contributed by atoms with van der Waals surface area (Å²) in [7, 11) is 2.44. The summed E-state index contributed by atoms with van der Waals surface area (Å²) in [6.45, 7) is -0.173. The molecule has 3 heterocycles. The Balaban J connectivity index is 0.00000900. The van der Waals surface area contributed by atoms with E-state index in [0.29, 0.717) is 31.4 Å². The zero-order valence-electron chi connectivity index (χ0n) is 31.5. The number of benzene rings is 1. The van der Waals surface area contributed by atoms with Crippen molar-refractivity contribution in [3.8, 4) is 0 Å². The van der Waals surface area contributed by atoms with Crippen LogP contribution in [0.1, 0.15) is 50.5 Å². The molecule has 2 fully saturated rings. The third kappa shape index (κ3) is 14.3. The summed E-state index contributed by atoms with van der Waals surface area (Å²) in [5, 5.41) is 33.0. The average Bonchev–Trinajstić information content (AvgIpc) is 3.82. The zero-order valence-corrected chi connectivity index (χ0v) is 34.0. The van der Waals surface area contributed by atoms with Crippen molar-refractivity contribution in [2.45, 2.75) is 81.6 Å². The number of primary amides is 1. The van der Waals surface area contributed by atoms with E-state index in [1.165, 1.54) is 26.5 Å². The van der Waals surface area contributed by atoms with Crippen molar-refractivity contribution >= 4 is 98.2 Å². The quantitative estimate of drug-likeness (QED) is 0.0566. The Kier molecular flexibility index (Phi) is 18.9. The predicted octanol–water partition coefficient (Wildman–Crippen LogP) is -1.42. The fourth-order valence-electron chi connectivity index (χ4n) is 6.42.